The van der Waals surface area contributed by atoms with Crippen molar-refractivity contribution in [1.29, 1.82) is 0 Å². The Morgan fingerprint density at radius 2 is 1.97 bits per heavy atom. The van der Waals surface area contributed by atoms with Gasteiger partial charge in [0, 0.05) is 18.0 Å². The molecular weight excluding hydrogens is 401 g/mol. The summed E-state index contributed by atoms with van der Waals surface area (Å²) in [6, 6.07) is 13.7. The van der Waals surface area contributed by atoms with Crippen LogP contribution in [0.2, 0.25) is 0 Å². The molecule has 31 heavy (non-hydrogen) atoms. The van der Waals surface area contributed by atoms with E-state index in [1.54, 1.807) is 43.3 Å². The number of hydrogen-bond donors (Lipinski definition) is 2. The van der Waals surface area contributed by atoms with Crippen LogP contribution in [0.1, 0.15) is 15.9 Å². The Labute approximate surface area is 176 Å². The number of aromatic hydroxyl groups is 1. The van der Waals surface area contributed by atoms with Gasteiger partial charge in [-0.15, -0.1) is 0 Å². The zero-order valence-electron chi connectivity index (χ0n) is 16.7. The number of methoxy groups -OCH3 is 1. The molecule has 0 saturated heterocycles. The smallest absolute Gasteiger partial charge is 0.273 e. The minimum Gasteiger partial charge on any atom is -0.506 e. The van der Waals surface area contributed by atoms with Crippen LogP contribution >= 0.6 is 0 Å². The van der Waals surface area contributed by atoms with E-state index in [1.807, 2.05) is 0 Å². The lowest BCUT2D eigenvalue weighted by molar-refractivity contribution is 0.102. The molecule has 0 saturated carbocycles. The first-order valence-corrected chi connectivity index (χ1v) is 9.35. The highest BCUT2D eigenvalue weighted by molar-refractivity contribution is 6.09. The Hall–Kier alpha value is -4.20. The van der Waals surface area contributed by atoms with E-state index in [2.05, 4.69) is 10.3 Å². The Morgan fingerprint density at radius 1 is 1.16 bits per heavy atom. The first-order chi connectivity index (χ1) is 14.9. The summed E-state index contributed by atoms with van der Waals surface area (Å²) in [6.07, 6.45) is 1.48. The van der Waals surface area contributed by atoms with Gasteiger partial charge in [-0.1, -0.05) is 12.1 Å². The zero-order chi connectivity index (χ0) is 22.1. The number of halogens is 1. The fraction of sp³-hybridized carbons (Fsp3) is 0.0870. The molecule has 2 heterocycles. The van der Waals surface area contributed by atoms with Crippen LogP contribution < -0.4 is 15.6 Å². The van der Waals surface area contributed by atoms with Crippen LogP contribution in [0.4, 0.5) is 10.1 Å². The number of hydrogen-bond acceptors (Lipinski definition) is 5. The lowest BCUT2D eigenvalue weighted by atomic mass is 10.1. The summed E-state index contributed by atoms with van der Waals surface area (Å²) in [7, 11) is 1.50. The number of amides is 1. The third kappa shape index (κ3) is 3.59. The van der Waals surface area contributed by atoms with Crippen LogP contribution in [0, 0.1) is 12.7 Å². The first kappa shape index (κ1) is 20.1. The van der Waals surface area contributed by atoms with Crippen molar-refractivity contribution in [2.24, 2.45) is 0 Å². The van der Waals surface area contributed by atoms with Crippen molar-refractivity contribution in [3.8, 4) is 17.2 Å². The molecule has 8 heteroatoms. The summed E-state index contributed by atoms with van der Waals surface area (Å²) in [5, 5.41) is 13.5. The Kier molecular flexibility index (Phi) is 5.12. The molecule has 0 aliphatic rings. The SMILES string of the molecule is COc1cccc(-n2c(=O)c(C(=O)Nc3cc(F)ccc3C)c(O)c3cccnc32)c1. The third-order valence-corrected chi connectivity index (χ3v) is 4.89. The molecule has 2 aromatic carbocycles. The second-order valence-electron chi connectivity index (χ2n) is 6.85. The van der Waals surface area contributed by atoms with Crippen molar-refractivity contribution >= 4 is 22.6 Å². The van der Waals surface area contributed by atoms with Gasteiger partial charge in [0.2, 0.25) is 0 Å². The molecule has 0 fully saturated rings. The topological polar surface area (TPSA) is 93.5 Å². The Bertz CT molecular complexity index is 1380. The highest BCUT2D eigenvalue weighted by atomic mass is 19.1. The van der Waals surface area contributed by atoms with Gasteiger partial charge in [0.1, 0.15) is 22.9 Å². The highest BCUT2D eigenvalue weighted by Gasteiger charge is 2.24. The normalized spacial score (nSPS) is 10.8. The van der Waals surface area contributed by atoms with Crippen LogP contribution in [0.5, 0.6) is 11.5 Å². The summed E-state index contributed by atoms with van der Waals surface area (Å²) in [5.74, 6) is -1.40. The second kappa shape index (κ2) is 7.91. The predicted octanol–water partition coefficient (Wildman–Crippen LogP) is 3.80. The molecule has 0 bridgehead atoms. The van der Waals surface area contributed by atoms with Gasteiger partial charge in [-0.3, -0.25) is 14.2 Å². The predicted molar refractivity (Wildman–Crippen MR) is 115 cm³/mol. The van der Waals surface area contributed by atoms with Gasteiger partial charge in [-0.2, -0.15) is 0 Å². The summed E-state index contributed by atoms with van der Waals surface area (Å²) in [6.45, 7) is 1.69. The first-order valence-electron chi connectivity index (χ1n) is 9.35. The van der Waals surface area contributed by atoms with Crippen LogP contribution in [0.15, 0.2) is 65.6 Å². The minimum absolute atomic E-state index is 0.178. The molecule has 4 rings (SSSR count). The van der Waals surface area contributed by atoms with Crippen LogP contribution in [0.25, 0.3) is 16.7 Å². The fourth-order valence-corrected chi connectivity index (χ4v) is 3.31. The molecular formula is C23H18FN3O4. The van der Waals surface area contributed by atoms with E-state index in [0.717, 1.165) is 6.07 Å². The zero-order valence-corrected chi connectivity index (χ0v) is 16.7. The van der Waals surface area contributed by atoms with E-state index in [-0.39, 0.29) is 16.7 Å². The number of carbonyl (C=O) groups excluding carboxylic acids is 1. The van der Waals surface area contributed by atoms with Crippen LogP contribution in [0.3, 0.4) is 0 Å². The fourth-order valence-electron chi connectivity index (χ4n) is 3.31. The summed E-state index contributed by atoms with van der Waals surface area (Å²) < 4.78 is 20.1. The lowest BCUT2D eigenvalue weighted by Gasteiger charge is -2.15. The number of ether oxygens (including phenoxy) is 1. The van der Waals surface area contributed by atoms with Crippen molar-refractivity contribution in [3.05, 3.63) is 88.1 Å². The van der Waals surface area contributed by atoms with Crippen molar-refractivity contribution in [3.63, 3.8) is 0 Å². The van der Waals surface area contributed by atoms with E-state index >= 15 is 0 Å². The number of nitrogens with zero attached hydrogens (tertiary/aromatic N) is 2. The molecule has 0 aliphatic heterocycles. The summed E-state index contributed by atoms with van der Waals surface area (Å²) in [4.78, 5) is 30.6. The van der Waals surface area contributed by atoms with Crippen molar-refractivity contribution in [1.82, 2.24) is 9.55 Å². The molecule has 4 aromatic rings. The number of aryl methyl sites for hydroxylation is 1. The molecule has 0 radical (unpaired) electrons. The van der Waals surface area contributed by atoms with E-state index in [0.29, 0.717) is 17.0 Å². The van der Waals surface area contributed by atoms with Crippen molar-refractivity contribution in [2.75, 3.05) is 12.4 Å². The van der Waals surface area contributed by atoms with Gasteiger partial charge in [-0.05, 0) is 48.9 Å². The number of pyridine rings is 2. The Morgan fingerprint density at radius 3 is 2.74 bits per heavy atom. The van der Waals surface area contributed by atoms with Gasteiger partial charge in [-0.25, -0.2) is 9.37 Å². The van der Waals surface area contributed by atoms with E-state index in [9.17, 15) is 19.1 Å². The van der Waals surface area contributed by atoms with E-state index in [4.69, 9.17) is 4.74 Å². The van der Waals surface area contributed by atoms with Crippen LogP contribution in [-0.4, -0.2) is 27.7 Å². The second-order valence-corrected chi connectivity index (χ2v) is 6.85. The number of aromatic nitrogens is 2. The molecule has 7 nitrogen and oxygen atoms in total. The van der Waals surface area contributed by atoms with E-state index in [1.165, 1.54) is 30.0 Å². The summed E-state index contributed by atoms with van der Waals surface area (Å²) >= 11 is 0. The maximum atomic E-state index is 13.6. The number of nitrogens with one attached hydrogen (secondary N) is 1. The van der Waals surface area contributed by atoms with Gasteiger partial charge in [0.25, 0.3) is 11.5 Å². The molecule has 0 spiro atoms. The molecule has 2 N–H and O–H groups in total. The number of benzene rings is 2. The largest absolute Gasteiger partial charge is 0.506 e. The quantitative estimate of drug-likeness (QED) is 0.525. The molecule has 0 atom stereocenters. The maximum Gasteiger partial charge on any atom is 0.273 e. The Balaban J connectivity index is 1.95. The third-order valence-electron chi connectivity index (χ3n) is 4.89. The van der Waals surface area contributed by atoms with Crippen molar-refractivity contribution < 1.29 is 19.0 Å². The average molecular weight is 419 g/mol. The van der Waals surface area contributed by atoms with E-state index < -0.39 is 28.6 Å². The van der Waals surface area contributed by atoms with Crippen molar-refractivity contribution in [2.45, 2.75) is 6.92 Å². The molecule has 0 unspecified atom stereocenters. The number of rotatable bonds is 4. The lowest BCUT2D eigenvalue weighted by Crippen LogP contribution is -2.29. The van der Waals surface area contributed by atoms with Crippen LogP contribution in [-0.2, 0) is 0 Å². The molecule has 1 amide bonds. The monoisotopic (exact) mass is 419 g/mol. The maximum absolute atomic E-state index is 13.6. The average Bonchev–Trinajstić information content (AvgIpc) is 2.76. The van der Waals surface area contributed by atoms with Gasteiger partial charge in [0.15, 0.2) is 5.65 Å². The standard InChI is InChI=1S/C23H18FN3O4/c1-13-8-9-14(24)11-18(13)26-22(29)19-20(28)17-7-4-10-25-21(17)27(23(19)30)15-5-3-6-16(12-15)31-2/h3-12,28H,1-2H3,(H,26,29). The van der Waals surface area contributed by atoms with Gasteiger partial charge >= 0.3 is 0 Å². The summed E-state index contributed by atoms with van der Waals surface area (Å²) in [5.41, 5.74) is 0.129. The molecule has 2 aromatic heterocycles. The number of anilines is 1. The molecule has 156 valence electrons. The number of fused-ring (bicyclic) bond motifs is 1. The van der Waals surface area contributed by atoms with Gasteiger partial charge < -0.3 is 15.2 Å². The molecule has 0 aliphatic carbocycles. The minimum atomic E-state index is -0.862. The number of carbonyl (C=O) groups is 1. The highest BCUT2D eigenvalue weighted by Crippen LogP contribution is 2.28. The van der Waals surface area contributed by atoms with Gasteiger partial charge in [0.05, 0.1) is 18.2 Å².